The summed E-state index contributed by atoms with van der Waals surface area (Å²) in [5.41, 5.74) is 11.4. The van der Waals surface area contributed by atoms with Gasteiger partial charge in [0.2, 0.25) is 18.5 Å². The Morgan fingerprint density at radius 3 is 1.42 bits per heavy atom. The number of Topliss-reactive ketones (excluding diaryl/α,β-unsaturated/α-hetero) is 2. The van der Waals surface area contributed by atoms with Crippen LogP contribution in [0.3, 0.4) is 0 Å². The summed E-state index contributed by atoms with van der Waals surface area (Å²) < 4.78 is 113. The number of ketones is 2. The predicted molar refractivity (Wildman–Crippen MR) is 294 cm³/mol. The van der Waals surface area contributed by atoms with Crippen LogP contribution in [0.4, 0.5) is 0 Å². The summed E-state index contributed by atoms with van der Waals surface area (Å²) in [5.74, 6) is -2.58. The van der Waals surface area contributed by atoms with Crippen molar-refractivity contribution in [2.24, 2.45) is 5.73 Å². The number of benzene rings is 4. The van der Waals surface area contributed by atoms with Crippen molar-refractivity contribution < 1.29 is 99.6 Å². The van der Waals surface area contributed by atoms with Crippen LogP contribution in [0.1, 0.15) is 118 Å². The highest BCUT2D eigenvalue weighted by molar-refractivity contribution is 7.80. The smallest absolute Gasteiger partial charge is 0.271 e. The van der Waals surface area contributed by atoms with E-state index in [0.29, 0.717) is 133 Å². The van der Waals surface area contributed by atoms with Gasteiger partial charge in [0.25, 0.3) is 23.1 Å². The normalized spacial score (nSPS) is 31.8. The number of fused-ring (bicyclic) bond motifs is 12. The number of ether oxygens (including phenoxy) is 18. The van der Waals surface area contributed by atoms with Gasteiger partial charge in [-0.2, -0.15) is 12.6 Å². The van der Waals surface area contributed by atoms with E-state index in [1.165, 1.54) is 14.2 Å². The molecule has 0 spiro atoms. The third kappa shape index (κ3) is 8.16. The molecule has 4 bridgehead atoms. The first-order chi connectivity index (χ1) is 40.3. The molecule has 0 saturated carbocycles. The van der Waals surface area contributed by atoms with Crippen LogP contribution in [-0.4, -0.2) is 166 Å². The molecule has 2 aliphatic carbocycles. The van der Waals surface area contributed by atoms with E-state index in [4.69, 9.17) is 91.0 Å². The Morgan fingerprint density at radius 2 is 1.04 bits per heavy atom. The molecule has 0 aromatic heterocycles. The maximum Gasteiger partial charge on any atom is 0.271 e. The Bertz CT molecular complexity index is 3290. The van der Waals surface area contributed by atoms with E-state index in [1.807, 2.05) is 19.9 Å². The second-order valence-electron chi connectivity index (χ2n) is 22.4. The van der Waals surface area contributed by atoms with Crippen LogP contribution in [0.2, 0.25) is 0 Å². The molecule has 448 valence electrons. The Balaban J connectivity index is 0.000000155. The van der Waals surface area contributed by atoms with Crippen LogP contribution in [0.15, 0.2) is 12.1 Å². The molecule has 23 heteroatoms. The maximum absolute atomic E-state index is 13.5. The summed E-state index contributed by atoms with van der Waals surface area (Å²) in [6.07, 6.45) is -0.178. The number of amides is 1. The fourth-order valence-electron chi connectivity index (χ4n) is 14.7. The molecule has 1 amide bonds. The molecular formula is C60H71NO21S. The standard InChI is InChI=1S/C30H35NO11.C30H36O10S/c1-14-13-16-21(23(37-12-9-18(31)33)20-15(22(16)34-2)7-5-8-17(20)32)24-19(14)25-26-29(36-4,40-24)27(35-3)30(41-25,42-26)28-38-10-6-11-39-28;1-15-14-17-21(23(35-12-7-13-41)20-16(22(17)32-2)8-5-9-18(20)31)24-19(15)25-26-29(34-4,38-24)27(33-3)30(39-25,40-26)28-36-10-6-11-37-28/h13,25-28H,5-12H2,1-4H3,(H2,31,33);14,25-28,41H,5-13H2,1-4H3/t2*25-,26?,27?,29+,30?/m00/s1. The number of carbonyl (C=O) groups excluding carboxylic acids is 3. The minimum absolute atomic E-state index is 0.0135. The van der Waals surface area contributed by atoms with Crippen LogP contribution in [0.25, 0.3) is 21.5 Å². The van der Waals surface area contributed by atoms with Crippen LogP contribution in [0.5, 0.6) is 34.5 Å². The maximum atomic E-state index is 13.5. The van der Waals surface area contributed by atoms with E-state index in [-0.39, 0.29) is 24.6 Å². The van der Waals surface area contributed by atoms with Gasteiger partial charge in [0.05, 0.1) is 82.2 Å². The molecule has 6 saturated heterocycles. The number of aryl methyl sites for hydroxylation is 2. The minimum atomic E-state index is -1.45. The highest BCUT2D eigenvalue weighted by Crippen LogP contribution is 2.67. The highest BCUT2D eigenvalue weighted by Gasteiger charge is 2.82. The van der Waals surface area contributed by atoms with Crippen molar-refractivity contribution in [2.75, 3.05) is 88.1 Å². The Morgan fingerprint density at radius 1 is 0.602 bits per heavy atom. The largest absolute Gasteiger partial charge is 0.496 e. The van der Waals surface area contributed by atoms with Gasteiger partial charge in [0.15, 0.2) is 36.0 Å². The van der Waals surface area contributed by atoms with Crippen LogP contribution < -0.4 is 34.2 Å². The van der Waals surface area contributed by atoms with Gasteiger partial charge < -0.3 is 91.0 Å². The van der Waals surface area contributed by atoms with E-state index in [2.05, 4.69) is 18.7 Å². The number of thiol groups is 1. The third-order valence-corrected chi connectivity index (χ3v) is 18.3. The summed E-state index contributed by atoms with van der Waals surface area (Å²) in [5, 5.41) is 2.69. The zero-order chi connectivity index (χ0) is 57.9. The second-order valence-corrected chi connectivity index (χ2v) is 22.9. The highest BCUT2D eigenvalue weighted by atomic mass is 32.1. The van der Waals surface area contributed by atoms with Gasteiger partial charge in [0.1, 0.15) is 46.7 Å². The topological polar surface area (TPSA) is 243 Å². The van der Waals surface area contributed by atoms with E-state index < -0.39 is 78.3 Å². The van der Waals surface area contributed by atoms with Crippen molar-refractivity contribution in [1.82, 2.24) is 0 Å². The first-order valence-electron chi connectivity index (χ1n) is 28.6. The molecule has 6 fully saturated rings. The molecule has 14 rings (SSSR count). The molecule has 4 aromatic carbocycles. The van der Waals surface area contributed by atoms with E-state index >= 15 is 0 Å². The number of nitrogens with two attached hydrogens (primary N) is 1. The molecular weight excluding hydrogens is 1100 g/mol. The summed E-state index contributed by atoms with van der Waals surface area (Å²) >= 11 is 4.36. The average Bonchev–Trinajstić information content (AvgIpc) is 1.58. The van der Waals surface area contributed by atoms with Crippen molar-refractivity contribution in [2.45, 2.75) is 150 Å². The van der Waals surface area contributed by atoms with Gasteiger partial charge in [-0.25, -0.2) is 0 Å². The number of rotatable bonds is 16. The van der Waals surface area contributed by atoms with Crippen molar-refractivity contribution in [1.29, 1.82) is 0 Å². The third-order valence-electron chi connectivity index (χ3n) is 17.9. The lowest BCUT2D eigenvalue weighted by atomic mass is 9.81. The quantitative estimate of drug-likeness (QED) is 0.0879. The monoisotopic (exact) mass is 1170 g/mol. The van der Waals surface area contributed by atoms with Gasteiger partial charge >= 0.3 is 0 Å². The Hall–Kier alpha value is -5.12. The molecule has 0 radical (unpaired) electrons. The van der Waals surface area contributed by atoms with Gasteiger partial charge in [0, 0.05) is 74.3 Å². The predicted octanol–water partition coefficient (Wildman–Crippen LogP) is 6.66. The van der Waals surface area contributed by atoms with Crippen LogP contribution in [0, 0.1) is 13.8 Å². The summed E-state index contributed by atoms with van der Waals surface area (Å²) in [7, 11) is 9.42. The molecule has 83 heavy (non-hydrogen) atoms. The summed E-state index contributed by atoms with van der Waals surface area (Å²) in [6, 6.07) is 4.05. The lowest BCUT2D eigenvalue weighted by Crippen LogP contribution is -2.68. The summed E-state index contributed by atoms with van der Waals surface area (Å²) in [6.45, 7) is 6.34. The average molecular weight is 1170 g/mol. The Kier molecular flexibility index (Phi) is 14.9. The molecule has 6 unspecified atom stereocenters. The minimum Gasteiger partial charge on any atom is -0.496 e. The van der Waals surface area contributed by atoms with Crippen molar-refractivity contribution in [3.8, 4) is 34.5 Å². The van der Waals surface area contributed by atoms with Crippen molar-refractivity contribution in [3.63, 3.8) is 0 Å². The lowest BCUT2D eigenvalue weighted by Gasteiger charge is -2.50. The molecule has 2 N–H and O–H groups in total. The zero-order valence-electron chi connectivity index (χ0n) is 47.9. The number of carbonyl (C=O) groups is 3. The SMILES string of the molecule is COc1c2c(c(OCCC(N)=O)c3c4c(c(C)cc13)[C@@H]1OC3(C5OCCCO5)OC1[C@@](OC)(O4)C3OC)C(=O)CCC2.COc1c2c(c(OCCCS)c3c4c(c(C)cc13)[C@@H]1OC3(C5OCCCO5)OC1[C@@](OC)(O4)C3OC)C(=O)CCC2. The molecule has 22 nitrogen and oxygen atoms in total. The first kappa shape index (κ1) is 57.0. The van der Waals surface area contributed by atoms with Gasteiger partial charge in [-0.1, -0.05) is 0 Å². The van der Waals surface area contributed by atoms with E-state index in [0.717, 1.165) is 64.5 Å². The number of hydrogen-bond acceptors (Lipinski definition) is 22. The van der Waals surface area contributed by atoms with Crippen molar-refractivity contribution >= 4 is 51.6 Å². The molecule has 8 aliphatic heterocycles. The number of primary amides is 1. The fourth-order valence-corrected chi connectivity index (χ4v) is 14.8. The van der Waals surface area contributed by atoms with Crippen molar-refractivity contribution in [3.05, 3.63) is 56.6 Å². The molecule has 4 aromatic rings. The van der Waals surface area contributed by atoms with Gasteiger partial charge in [-0.3, -0.25) is 14.4 Å². The molecule has 10 aliphatic rings. The fraction of sp³-hybridized carbons (Fsp3) is 0.617. The number of methoxy groups -OCH3 is 6. The van der Waals surface area contributed by atoms with Crippen LogP contribution >= 0.6 is 12.6 Å². The zero-order valence-corrected chi connectivity index (χ0v) is 48.8. The van der Waals surface area contributed by atoms with E-state index in [1.54, 1.807) is 28.4 Å². The second kappa shape index (κ2) is 21.7. The lowest BCUT2D eigenvalue weighted by molar-refractivity contribution is -0.376. The Labute approximate surface area is 484 Å². The molecule has 10 atom stereocenters. The van der Waals surface area contributed by atoms with Gasteiger partial charge in [-0.05, 0) is 87.8 Å². The van der Waals surface area contributed by atoms with E-state index in [9.17, 15) is 14.4 Å². The number of hydrogen-bond donors (Lipinski definition) is 2. The first-order valence-corrected chi connectivity index (χ1v) is 29.2. The van der Waals surface area contributed by atoms with Crippen LogP contribution in [-0.2, 0) is 74.5 Å². The molecule has 8 heterocycles. The van der Waals surface area contributed by atoms with Gasteiger partial charge in [-0.15, -0.1) is 0 Å². The summed E-state index contributed by atoms with van der Waals surface area (Å²) in [4.78, 5) is 38.5.